The molecule has 0 saturated heterocycles. The summed E-state index contributed by atoms with van der Waals surface area (Å²) in [6, 6.07) is 5.58. The first kappa shape index (κ1) is 20.2. The van der Waals surface area contributed by atoms with Gasteiger partial charge >= 0.3 is 0 Å². The molecule has 0 bridgehead atoms. The van der Waals surface area contributed by atoms with Crippen LogP contribution in [0.15, 0.2) is 35.9 Å². The summed E-state index contributed by atoms with van der Waals surface area (Å²) in [7, 11) is 0. The second kappa shape index (κ2) is 9.55. The molecule has 26 heavy (non-hydrogen) atoms. The number of nitrogens with two attached hydrogens (primary N) is 1. The van der Waals surface area contributed by atoms with Crippen molar-refractivity contribution >= 4 is 11.5 Å². The van der Waals surface area contributed by atoms with Crippen LogP contribution >= 0.6 is 0 Å². The van der Waals surface area contributed by atoms with Gasteiger partial charge in [-0.25, -0.2) is 0 Å². The molecule has 0 fully saturated rings. The van der Waals surface area contributed by atoms with Gasteiger partial charge in [-0.1, -0.05) is 39.0 Å². The molecular formula is C21H30N2O3. The fourth-order valence-corrected chi connectivity index (χ4v) is 3.17. The molecule has 0 aromatic heterocycles. The average Bonchev–Trinajstić information content (AvgIpc) is 2.67. The van der Waals surface area contributed by atoms with Crippen LogP contribution in [0, 0.1) is 0 Å². The summed E-state index contributed by atoms with van der Waals surface area (Å²) in [4.78, 5) is 13.8. The molecule has 1 amide bonds. The maximum atomic E-state index is 11.8. The molecule has 1 aliphatic carbocycles. The van der Waals surface area contributed by atoms with Crippen molar-refractivity contribution in [1.29, 1.82) is 0 Å². The van der Waals surface area contributed by atoms with Crippen molar-refractivity contribution in [1.82, 2.24) is 4.90 Å². The first-order chi connectivity index (χ1) is 12.5. The third-order valence-electron chi connectivity index (χ3n) is 4.75. The molecule has 0 spiro atoms. The highest BCUT2D eigenvalue weighted by atomic mass is 16.5. The minimum atomic E-state index is -0.534. The minimum Gasteiger partial charge on any atom is -0.493 e. The number of benzene rings is 1. The fourth-order valence-electron chi connectivity index (χ4n) is 3.17. The summed E-state index contributed by atoms with van der Waals surface area (Å²) in [6.07, 6.45) is 5.97. The lowest BCUT2D eigenvalue weighted by molar-refractivity contribution is 0.0380. The van der Waals surface area contributed by atoms with Crippen molar-refractivity contribution in [3.63, 3.8) is 0 Å². The molecular weight excluding hydrogens is 328 g/mol. The number of amides is 1. The van der Waals surface area contributed by atoms with Gasteiger partial charge in [-0.15, -0.1) is 0 Å². The molecule has 142 valence electrons. The van der Waals surface area contributed by atoms with Gasteiger partial charge < -0.3 is 15.6 Å². The third-order valence-corrected chi connectivity index (χ3v) is 4.75. The number of ether oxygens (including phenoxy) is 1. The van der Waals surface area contributed by atoms with E-state index in [9.17, 15) is 9.90 Å². The lowest BCUT2D eigenvalue weighted by Gasteiger charge is -2.28. The Morgan fingerprint density at radius 3 is 2.50 bits per heavy atom. The van der Waals surface area contributed by atoms with Gasteiger partial charge in [-0.05, 0) is 61.2 Å². The van der Waals surface area contributed by atoms with Gasteiger partial charge in [0.15, 0.2) is 0 Å². The molecule has 0 unspecified atom stereocenters. The predicted molar refractivity (Wildman–Crippen MR) is 105 cm³/mol. The first-order valence-electron chi connectivity index (χ1n) is 9.40. The van der Waals surface area contributed by atoms with Crippen LogP contribution in [0.25, 0.3) is 5.57 Å². The minimum absolute atomic E-state index is 0.412. The van der Waals surface area contributed by atoms with Gasteiger partial charge in [0.25, 0.3) is 5.91 Å². The van der Waals surface area contributed by atoms with Gasteiger partial charge in [0.1, 0.15) is 12.0 Å². The van der Waals surface area contributed by atoms with E-state index in [0.717, 1.165) is 49.1 Å². The molecule has 1 aliphatic rings. The van der Waals surface area contributed by atoms with Gasteiger partial charge in [0, 0.05) is 0 Å². The van der Waals surface area contributed by atoms with Crippen LogP contribution in [0.2, 0.25) is 0 Å². The van der Waals surface area contributed by atoms with E-state index >= 15 is 0 Å². The molecule has 5 nitrogen and oxygen atoms in total. The number of aliphatic hydroxyl groups is 1. The number of nitrogens with zero attached hydrogens (tertiary/aromatic N) is 1. The highest BCUT2D eigenvalue weighted by molar-refractivity contribution is 5.96. The second-order valence-corrected chi connectivity index (χ2v) is 6.45. The number of hydrogen-bond acceptors (Lipinski definition) is 4. The Morgan fingerprint density at radius 1 is 1.23 bits per heavy atom. The summed E-state index contributed by atoms with van der Waals surface area (Å²) in [5.41, 5.74) is 9.05. The Morgan fingerprint density at radius 2 is 1.96 bits per heavy atom. The molecule has 5 heteroatoms. The second-order valence-electron chi connectivity index (χ2n) is 6.45. The van der Waals surface area contributed by atoms with E-state index in [1.807, 2.05) is 50.0 Å². The molecule has 0 aliphatic heterocycles. The Labute approximate surface area is 156 Å². The lowest BCUT2D eigenvalue weighted by atomic mass is 9.91. The fraction of sp³-hybridized carbons (Fsp3) is 0.476. The van der Waals surface area contributed by atoms with Crippen molar-refractivity contribution in [2.24, 2.45) is 5.73 Å². The molecule has 0 heterocycles. The van der Waals surface area contributed by atoms with Crippen molar-refractivity contribution < 1.29 is 14.6 Å². The standard InChI is InChI=1S/C21H30N2O3/c1-4-13-26-19-12-11-17(14-18(19)20(22)24)15-7-9-16(10-8-15)21(25)23(5-2)6-3/h7,9,11-12,14,21,25H,4-6,8,10,13H2,1-3H3,(H2,22,24)/t21-/m0/s1. The smallest absolute Gasteiger partial charge is 0.252 e. The van der Waals surface area contributed by atoms with Crippen molar-refractivity contribution in [2.45, 2.75) is 46.3 Å². The Hall–Kier alpha value is -2.11. The number of primary amides is 1. The highest BCUT2D eigenvalue weighted by Crippen LogP contribution is 2.31. The number of carbonyl (C=O) groups is 1. The summed E-state index contributed by atoms with van der Waals surface area (Å²) >= 11 is 0. The zero-order valence-electron chi connectivity index (χ0n) is 16.0. The van der Waals surface area contributed by atoms with E-state index in [1.54, 1.807) is 6.07 Å². The molecule has 0 saturated carbocycles. The van der Waals surface area contributed by atoms with Crippen LogP contribution in [0.3, 0.4) is 0 Å². The lowest BCUT2D eigenvalue weighted by Crippen LogP contribution is -2.36. The number of likely N-dealkylation sites (N-methyl/N-ethyl adjacent to an activating group) is 1. The molecule has 1 aromatic rings. The Kier molecular flexibility index (Phi) is 7.42. The predicted octanol–water partition coefficient (Wildman–Crippen LogP) is 3.34. The largest absolute Gasteiger partial charge is 0.493 e. The number of hydrogen-bond donors (Lipinski definition) is 2. The SMILES string of the molecule is CCCOc1ccc(C2=CC=C([C@H](O)N(CC)CC)CC2)cc1C(N)=O. The van der Waals surface area contributed by atoms with Gasteiger partial charge in [0.05, 0.1) is 12.2 Å². The van der Waals surface area contributed by atoms with Crippen molar-refractivity contribution in [2.75, 3.05) is 19.7 Å². The van der Waals surface area contributed by atoms with Gasteiger partial charge in [-0.2, -0.15) is 0 Å². The summed E-state index contributed by atoms with van der Waals surface area (Å²) in [6.45, 7) is 8.29. The first-order valence-corrected chi connectivity index (χ1v) is 9.40. The van der Waals surface area contributed by atoms with Crippen LogP contribution in [0.4, 0.5) is 0 Å². The number of carbonyl (C=O) groups excluding carboxylic acids is 1. The van der Waals surface area contributed by atoms with E-state index in [-0.39, 0.29) is 0 Å². The summed E-state index contributed by atoms with van der Waals surface area (Å²) in [5, 5.41) is 10.5. The molecule has 3 N–H and O–H groups in total. The van der Waals surface area contributed by atoms with Crippen molar-refractivity contribution in [3.05, 3.63) is 47.1 Å². The zero-order chi connectivity index (χ0) is 19.1. The summed E-state index contributed by atoms with van der Waals surface area (Å²) in [5.74, 6) is 0.0512. The molecule has 1 atom stereocenters. The van der Waals surface area contributed by atoms with E-state index < -0.39 is 12.1 Å². The summed E-state index contributed by atoms with van der Waals surface area (Å²) < 4.78 is 5.62. The third kappa shape index (κ3) is 4.74. The van der Waals surface area contributed by atoms with E-state index in [0.29, 0.717) is 17.9 Å². The quantitative estimate of drug-likeness (QED) is 0.664. The highest BCUT2D eigenvalue weighted by Gasteiger charge is 2.20. The average molecular weight is 358 g/mol. The zero-order valence-corrected chi connectivity index (χ0v) is 16.0. The number of aliphatic hydroxyl groups excluding tert-OH is 1. The van der Waals surface area contributed by atoms with Crippen molar-refractivity contribution in [3.8, 4) is 5.75 Å². The topological polar surface area (TPSA) is 75.8 Å². The Balaban J connectivity index is 2.24. The van der Waals surface area contributed by atoms with Crippen LogP contribution in [-0.2, 0) is 0 Å². The molecule has 1 aromatic carbocycles. The normalized spacial score (nSPS) is 15.4. The van der Waals surface area contributed by atoms with Crippen LogP contribution < -0.4 is 10.5 Å². The van der Waals surface area contributed by atoms with E-state index in [2.05, 4.69) is 0 Å². The van der Waals surface area contributed by atoms with E-state index in [4.69, 9.17) is 10.5 Å². The van der Waals surface area contributed by atoms with Crippen LogP contribution in [-0.4, -0.2) is 41.8 Å². The maximum absolute atomic E-state index is 11.8. The van der Waals surface area contributed by atoms with Gasteiger partial charge in [0.2, 0.25) is 0 Å². The maximum Gasteiger partial charge on any atom is 0.252 e. The molecule has 0 radical (unpaired) electrons. The Bertz CT molecular complexity index is 690. The molecule has 2 rings (SSSR count). The monoisotopic (exact) mass is 358 g/mol. The number of allylic oxidation sites excluding steroid dienone is 3. The van der Waals surface area contributed by atoms with E-state index in [1.165, 1.54) is 0 Å². The number of rotatable bonds is 9. The van der Waals surface area contributed by atoms with Gasteiger partial charge in [-0.3, -0.25) is 9.69 Å². The van der Waals surface area contributed by atoms with Crippen LogP contribution in [0.1, 0.15) is 56.0 Å². The van der Waals surface area contributed by atoms with Crippen LogP contribution in [0.5, 0.6) is 5.75 Å².